The average Bonchev–Trinajstić information content (AvgIpc) is 2.92. The molecule has 2 aliphatic rings. The van der Waals surface area contributed by atoms with Crippen molar-refractivity contribution in [3.63, 3.8) is 0 Å². The van der Waals surface area contributed by atoms with Crippen LogP contribution in [0.1, 0.15) is 29.6 Å². The fourth-order valence-electron chi connectivity index (χ4n) is 4.26. The molecule has 11 nitrogen and oxygen atoms in total. The fourth-order valence-corrected chi connectivity index (χ4v) is 5.47. The van der Waals surface area contributed by atoms with Crippen LogP contribution in [0.3, 0.4) is 0 Å². The number of aliphatic carboxylic acids is 1. The van der Waals surface area contributed by atoms with Gasteiger partial charge in [-0.05, 0) is 55.7 Å². The van der Waals surface area contributed by atoms with Gasteiger partial charge in [0.25, 0.3) is 5.91 Å². The third-order valence-electron chi connectivity index (χ3n) is 6.34. The molecular weight excluding hydrogens is 496 g/mol. The number of hydrogen-bond donors (Lipinski definition) is 5. The van der Waals surface area contributed by atoms with E-state index in [0.717, 1.165) is 57.1 Å². The average molecular weight is 529 g/mol. The van der Waals surface area contributed by atoms with Crippen molar-refractivity contribution in [3.05, 3.63) is 60.2 Å². The molecule has 2 heterocycles. The molecule has 0 radical (unpaired) electrons. The van der Waals surface area contributed by atoms with E-state index in [1.807, 2.05) is 12.1 Å². The molecule has 1 amide bonds. The first-order valence-electron chi connectivity index (χ1n) is 12.3. The highest BCUT2D eigenvalue weighted by atomic mass is 32.2. The summed E-state index contributed by atoms with van der Waals surface area (Å²) in [5, 5.41) is 18.7. The molecule has 1 saturated heterocycles. The lowest BCUT2D eigenvalue weighted by molar-refractivity contribution is -0.138. The molecule has 1 fully saturated rings. The van der Waals surface area contributed by atoms with Gasteiger partial charge in [-0.15, -0.1) is 0 Å². The minimum Gasteiger partial charge on any atom is -0.480 e. The lowest BCUT2D eigenvalue weighted by Gasteiger charge is -2.35. The summed E-state index contributed by atoms with van der Waals surface area (Å²) < 4.78 is 27.1. The summed E-state index contributed by atoms with van der Waals surface area (Å²) in [5.41, 5.74) is 1.36. The van der Waals surface area contributed by atoms with E-state index < -0.39 is 34.5 Å². The van der Waals surface area contributed by atoms with Crippen molar-refractivity contribution in [1.82, 2.24) is 20.7 Å². The van der Waals surface area contributed by atoms with Crippen molar-refractivity contribution in [2.24, 2.45) is 4.99 Å². The Morgan fingerprint density at radius 3 is 2.41 bits per heavy atom. The summed E-state index contributed by atoms with van der Waals surface area (Å²) in [6.45, 7) is 3.15. The Morgan fingerprint density at radius 2 is 1.78 bits per heavy atom. The topological polar surface area (TPSA) is 152 Å². The number of guanidine groups is 1. The quantitative estimate of drug-likeness (QED) is 0.320. The molecular formula is C25H32N6O5S. The zero-order valence-electron chi connectivity index (χ0n) is 20.4. The minimum atomic E-state index is -4.05. The Hall–Kier alpha value is -3.64. The molecule has 0 aromatic heterocycles. The number of benzene rings is 2. The van der Waals surface area contributed by atoms with E-state index in [4.69, 9.17) is 0 Å². The lowest BCUT2D eigenvalue weighted by atomic mass is 10.0. The van der Waals surface area contributed by atoms with Gasteiger partial charge < -0.3 is 26.0 Å². The van der Waals surface area contributed by atoms with Crippen molar-refractivity contribution in [2.75, 3.05) is 37.6 Å². The number of nitrogens with one attached hydrogen (secondary N) is 4. The Balaban J connectivity index is 1.27. The molecule has 0 aliphatic carbocycles. The SMILES string of the molecule is O=C(NC[C@@H](NS(=O)(=O)c1ccccc1)C(=O)O)c1ccc(N2CCC(NC3=NCCCN3)CC2)cc1. The van der Waals surface area contributed by atoms with Crippen LogP contribution >= 0.6 is 0 Å². The third kappa shape index (κ3) is 7.20. The van der Waals surface area contributed by atoms with E-state index in [0.29, 0.717) is 11.6 Å². The number of carbonyl (C=O) groups excluding carboxylic acids is 1. The molecule has 37 heavy (non-hydrogen) atoms. The van der Waals surface area contributed by atoms with Crippen molar-refractivity contribution < 1.29 is 23.1 Å². The molecule has 5 N–H and O–H groups in total. The van der Waals surface area contributed by atoms with Gasteiger partial charge in [-0.1, -0.05) is 18.2 Å². The normalized spacial score (nSPS) is 17.3. The molecule has 2 aliphatic heterocycles. The highest BCUT2D eigenvalue weighted by Crippen LogP contribution is 2.21. The van der Waals surface area contributed by atoms with Crippen LogP contribution in [0.5, 0.6) is 0 Å². The van der Waals surface area contributed by atoms with Gasteiger partial charge in [0.2, 0.25) is 10.0 Å². The van der Waals surface area contributed by atoms with Gasteiger partial charge in [0.05, 0.1) is 4.90 Å². The van der Waals surface area contributed by atoms with Gasteiger partial charge >= 0.3 is 5.97 Å². The van der Waals surface area contributed by atoms with E-state index in [1.165, 1.54) is 12.1 Å². The minimum absolute atomic E-state index is 0.0533. The highest BCUT2D eigenvalue weighted by molar-refractivity contribution is 7.89. The van der Waals surface area contributed by atoms with E-state index in [1.54, 1.807) is 30.3 Å². The van der Waals surface area contributed by atoms with Crippen molar-refractivity contribution in [2.45, 2.75) is 36.2 Å². The fraction of sp³-hybridized carbons (Fsp3) is 0.400. The first kappa shape index (κ1) is 26.4. The van der Waals surface area contributed by atoms with Gasteiger partial charge in [-0.25, -0.2) is 8.42 Å². The molecule has 0 unspecified atom stereocenters. The first-order chi connectivity index (χ1) is 17.8. The second kappa shape index (κ2) is 12.1. The van der Waals surface area contributed by atoms with Gasteiger partial charge in [0.15, 0.2) is 5.96 Å². The highest BCUT2D eigenvalue weighted by Gasteiger charge is 2.26. The molecule has 2 aromatic carbocycles. The Morgan fingerprint density at radius 1 is 1.08 bits per heavy atom. The van der Waals surface area contributed by atoms with Gasteiger partial charge in [-0.2, -0.15) is 4.72 Å². The lowest BCUT2D eigenvalue weighted by Crippen LogP contribution is -2.50. The number of carboxylic acids is 1. The predicted octanol–water partition coefficient (Wildman–Crippen LogP) is 0.756. The smallest absolute Gasteiger partial charge is 0.323 e. The number of hydrogen-bond acceptors (Lipinski definition) is 8. The molecule has 12 heteroatoms. The summed E-state index contributed by atoms with van der Waals surface area (Å²) in [6.07, 6.45) is 3.00. The molecule has 198 valence electrons. The third-order valence-corrected chi connectivity index (χ3v) is 7.83. The summed E-state index contributed by atoms with van der Waals surface area (Å²) in [5.74, 6) is -0.988. The maximum atomic E-state index is 12.6. The Bertz CT molecular complexity index is 1210. The van der Waals surface area contributed by atoms with Gasteiger partial charge in [0, 0.05) is 50.0 Å². The summed E-state index contributed by atoms with van der Waals surface area (Å²) in [4.78, 5) is 30.9. The molecule has 4 rings (SSSR count). The number of amides is 1. The Kier molecular flexibility index (Phi) is 8.62. The van der Waals surface area contributed by atoms with Crippen molar-refractivity contribution >= 4 is 33.5 Å². The van der Waals surface area contributed by atoms with E-state index in [-0.39, 0.29) is 4.90 Å². The first-order valence-corrected chi connectivity index (χ1v) is 13.8. The maximum Gasteiger partial charge on any atom is 0.323 e. The van der Waals surface area contributed by atoms with Crippen molar-refractivity contribution in [1.29, 1.82) is 0 Å². The number of sulfonamides is 1. The number of anilines is 1. The molecule has 0 saturated carbocycles. The van der Waals surface area contributed by atoms with E-state index in [2.05, 4.69) is 30.6 Å². The van der Waals surface area contributed by atoms with Gasteiger partial charge in [-0.3, -0.25) is 14.6 Å². The second-order valence-corrected chi connectivity index (χ2v) is 10.7. The van der Waals surface area contributed by atoms with Crippen LogP contribution in [0, 0.1) is 0 Å². The number of aliphatic imine (C=N–C) groups is 1. The van der Waals surface area contributed by atoms with Crippen LogP contribution in [0.25, 0.3) is 0 Å². The van der Waals surface area contributed by atoms with E-state index >= 15 is 0 Å². The van der Waals surface area contributed by atoms with Crippen molar-refractivity contribution in [3.8, 4) is 0 Å². The molecule has 1 atom stereocenters. The predicted molar refractivity (Wildman–Crippen MR) is 140 cm³/mol. The number of carbonyl (C=O) groups is 2. The monoisotopic (exact) mass is 528 g/mol. The number of carboxylic acid groups (broad SMARTS) is 1. The molecule has 2 aromatic rings. The summed E-state index contributed by atoms with van der Waals surface area (Å²) in [6, 6.07) is 13.4. The molecule has 0 bridgehead atoms. The van der Waals surface area contributed by atoms with Gasteiger partial charge in [0.1, 0.15) is 6.04 Å². The zero-order chi connectivity index (χ0) is 26.3. The number of rotatable bonds is 9. The van der Waals surface area contributed by atoms with Crippen LogP contribution in [0.15, 0.2) is 64.5 Å². The van der Waals surface area contributed by atoms with E-state index in [9.17, 15) is 23.1 Å². The zero-order valence-corrected chi connectivity index (χ0v) is 21.2. The summed E-state index contributed by atoms with van der Waals surface area (Å²) >= 11 is 0. The maximum absolute atomic E-state index is 12.6. The van der Waals surface area contributed by atoms with Crippen LogP contribution in [-0.2, 0) is 14.8 Å². The van der Waals surface area contributed by atoms with Crippen LogP contribution in [-0.4, -0.2) is 76.2 Å². The number of nitrogens with zero attached hydrogens (tertiary/aromatic N) is 2. The van der Waals surface area contributed by atoms with Crippen LogP contribution in [0.2, 0.25) is 0 Å². The molecule has 0 spiro atoms. The van der Waals surface area contributed by atoms with Crippen LogP contribution in [0.4, 0.5) is 5.69 Å². The summed E-state index contributed by atoms with van der Waals surface area (Å²) in [7, 11) is -4.05. The second-order valence-electron chi connectivity index (χ2n) is 9.00. The number of piperidine rings is 1. The Labute approximate surface area is 216 Å². The standard InChI is InChI=1S/C25H32N6O5S/c32-23(28-17-22(24(33)34)30-37(35,36)21-5-2-1-3-6-21)18-7-9-20(10-8-18)31-15-11-19(12-16-31)29-25-26-13-4-14-27-25/h1-3,5-10,19,22,30H,4,11-17H2,(H,28,32)(H,33,34)(H2,26,27,29)/t22-/m1/s1. The largest absolute Gasteiger partial charge is 0.480 e. The van der Waals surface area contributed by atoms with Crippen LogP contribution < -0.4 is 25.6 Å².